The zero-order valence-corrected chi connectivity index (χ0v) is 28.2. The van der Waals surface area contributed by atoms with Gasteiger partial charge in [0.15, 0.2) is 0 Å². The number of rotatable bonds is 4. The SMILES string of the molecule is C.CC(C)(C)OC(=O)N1CCC[C@H]1C(=O)O.CNOC.CON(C)C(=O)[C@@H]1CCCN1C(=O)OC(C)(C)C.Cl.S.S. The molecule has 0 unspecified atom stereocenters. The maximum atomic E-state index is 12.0. The number of hydrogen-bond donors (Lipinski definition) is 2. The minimum Gasteiger partial charge on any atom is -0.480 e. The van der Waals surface area contributed by atoms with Crippen LogP contribution in [0.4, 0.5) is 9.59 Å². The summed E-state index contributed by atoms with van der Waals surface area (Å²) in [7, 11) is 6.23. The number of amides is 3. The van der Waals surface area contributed by atoms with Crippen molar-refractivity contribution in [1.29, 1.82) is 0 Å². The number of carbonyl (C=O) groups is 4. The molecule has 0 aliphatic carbocycles. The topological polar surface area (TPSA) is 147 Å². The number of ether oxygens (including phenoxy) is 2. The summed E-state index contributed by atoms with van der Waals surface area (Å²) in [6, 6.07) is -1.20. The lowest BCUT2D eigenvalue weighted by Crippen LogP contribution is -2.47. The summed E-state index contributed by atoms with van der Waals surface area (Å²) in [6.07, 6.45) is 1.69. The van der Waals surface area contributed by atoms with Crippen LogP contribution in [0.2, 0.25) is 0 Å². The molecule has 13 nitrogen and oxygen atoms in total. The van der Waals surface area contributed by atoms with E-state index in [1.54, 1.807) is 55.7 Å². The Morgan fingerprint density at radius 3 is 1.46 bits per heavy atom. The molecular weight excluding hydrogens is 600 g/mol. The number of carbonyl (C=O) groups excluding carboxylic acids is 3. The molecule has 41 heavy (non-hydrogen) atoms. The molecule has 2 aliphatic rings. The lowest BCUT2D eigenvalue weighted by atomic mass is 10.2. The van der Waals surface area contributed by atoms with Crippen LogP contribution in [0.3, 0.4) is 0 Å². The first-order chi connectivity index (χ1) is 17.0. The molecule has 2 aliphatic heterocycles. The van der Waals surface area contributed by atoms with Crippen LogP contribution in [-0.2, 0) is 28.7 Å². The normalized spacial score (nSPS) is 17.3. The smallest absolute Gasteiger partial charge is 0.411 e. The predicted octanol–water partition coefficient (Wildman–Crippen LogP) is 3.93. The third-order valence-corrected chi connectivity index (χ3v) is 5.12. The molecule has 0 aromatic rings. The number of likely N-dealkylation sites (N-methyl/N-ethyl adjacent to an activating group) is 1. The molecule has 0 aromatic heterocycles. The van der Waals surface area contributed by atoms with E-state index >= 15 is 0 Å². The van der Waals surface area contributed by atoms with E-state index in [2.05, 4.69) is 10.3 Å². The van der Waals surface area contributed by atoms with E-state index in [0.717, 1.165) is 17.9 Å². The first-order valence-corrected chi connectivity index (χ1v) is 12.2. The van der Waals surface area contributed by atoms with Crippen LogP contribution in [0.1, 0.15) is 74.7 Å². The van der Waals surface area contributed by atoms with Gasteiger partial charge in [-0.05, 0) is 67.2 Å². The Morgan fingerprint density at radius 2 is 1.17 bits per heavy atom. The van der Waals surface area contributed by atoms with Gasteiger partial charge in [-0.2, -0.15) is 27.0 Å². The second-order valence-electron chi connectivity index (χ2n) is 10.4. The zero-order chi connectivity index (χ0) is 29.0. The summed E-state index contributed by atoms with van der Waals surface area (Å²) in [6.45, 7) is 11.7. The van der Waals surface area contributed by atoms with Crippen molar-refractivity contribution < 1.29 is 43.4 Å². The Morgan fingerprint density at radius 1 is 0.829 bits per heavy atom. The molecule has 0 aromatic carbocycles. The van der Waals surface area contributed by atoms with Gasteiger partial charge in [-0.1, -0.05) is 7.43 Å². The average Bonchev–Trinajstić information content (AvgIpc) is 3.46. The van der Waals surface area contributed by atoms with E-state index in [1.807, 2.05) is 0 Å². The Hall–Kier alpha value is -1.65. The summed E-state index contributed by atoms with van der Waals surface area (Å²) < 4.78 is 10.4. The predicted molar refractivity (Wildman–Crippen MR) is 170 cm³/mol. The van der Waals surface area contributed by atoms with Crippen molar-refractivity contribution in [2.45, 2.75) is 97.9 Å². The Bertz CT molecular complexity index is 766. The Labute approximate surface area is 266 Å². The molecule has 2 atom stereocenters. The number of nitrogens with zero attached hydrogens (tertiary/aromatic N) is 3. The number of carboxylic acid groups (broad SMARTS) is 1. The number of aliphatic carboxylic acids is 1. The molecule has 0 saturated carbocycles. The van der Waals surface area contributed by atoms with Gasteiger partial charge in [-0.15, -0.1) is 12.4 Å². The summed E-state index contributed by atoms with van der Waals surface area (Å²) in [4.78, 5) is 58.3. The maximum Gasteiger partial charge on any atom is 0.411 e. The number of nitrogens with one attached hydrogen (secondary N) is 1. The molecule has 2 heterocycles. The molecule has 16 heteroatoms. The zero-order valence-electron chi connectivity index (χ0n) is 25.4. The molecular formula is C25H55ClN4O9S2. The second-order valence-corrected chi connectivity index (χ2v) is 10.4. The molecule has 2 rings (SSSR count). The van der Waals surface area contributed by atoms with Gasteiger partial charge < -0.3 is 19.4 Å². The summed E-state index contributed by atoms with van der Waals surface area (Å²) in [5, 5.41) is 10.0. The van der Waals surface area contributed by atoms with E-state index < -0.39 is 41.4 Å². The van der Waals surface area contributed by atoms with Crippen molar-refractivity contribution in [3.63, 3.8) is 0 Å². The highest BCUT2D eigenvalue weighted by atomic mass is 35.5. The first kappa shape index (κ1) is 49.0. The molecule has 2 saturated heterocycles. The van der Waals surface area contributed by atoms with Crippen molar-refractivity contribution >= 4 is 63.5 Å². The molecule has 0 radical (unpaired) electrons. The summed E-state index contributed by atoms with van der Waals surface area (Å²) >= 11 is 0. The van der Waals surface area contributed by atoms with Gasteiger partial charge in [0.25, 0.3) is 5.91 Å². The van der Waals surface area contributed by atoms with Gasteiger partial charge >= 0.3 is 18.2 Å². The second kappa shape index (κ2) is 22.9. The summed E-state index contributed by atoms with van der Waals surface area (Å²) in [5.74, 6) is -1.18. The highest BCUT2D eigenvalue weighted by Gasteiger charge is 2.38. The molecule has 3 amide bonds. The quantitative estimate of drug-likeness (QED) is 0.428. The highest BCUT2D eigenvalue weighted by molar-refractivity contribution is 7.59. The fraction of sp³-hybridized carbons (Fsp3) is 0.840. The third kappa shape index (κ3) is 19.2. The van der Waals surface area contributed by atoms with Crippen molar-refractivity contribution in [2.24, 2.45) is 0 Å². The first-order valence-electron chi connectivity index (χ1n) is 12.2. The van der Waals surface area contributed by atoms with Gasteiger partial charge in [0, 0.05) is 27.2 Å². The lowest BCUT2D eigenvalue weighted by molar-refractivity contribution is -0.173. The standard InChI is InChI=1S/C12H22N2O4.C10H17NO4.C2H7NO.CH4.ClH.2H2S/c1-12(2,3)18-11(16)14-8-6-7-9(14)10(15)13(4)17-5;1-10(2,3)15-9(14)11-6-4-5-7(11)8(12)13;1-3-4-2;;;;/h9H,6-8H2,1-5H3;7H,4-6H2,1-3H3,(H,12,13);3H,1-2H3;1H4;1H;2*1H2/t9-;7-;;;;;/m00...../s1. The monoisotopic (exact) mass is 654 g/mol. The van der Waals surface area contributed by atoms with Crippen LogP contribution in [0.5, 0.6) is 0 Å². The van der Waals surface area contributed by atoms with E-state index in [9.17, 15) is 19.2 Å². The Balaban J connectivity index is -0.000000173. The number of likely N-dealkylation sites (tertiary alicyclic amines) is 2. The molecule has 0 spiro atoms. The lowest BCUT2D eigenvalue weighted by Gasteiger charge is -2.29. The highest BCUT2D eigenvalue weighted by Crippen LogP contribution is 2.22. The van der Waals surface area contributed by atoms with Crippen LogP contribution in [0, 0.1) is 0 Å². The molecule has 2 fully saturated rings. The summed E-state index contributed by atoms with van der Waals surface area (Å²) in [5.41, 5.74) is 1.29. The van der Waals surface area contributed by atoms with Crippen LogP contribution in [0.25, 0.3) is 0 Å². The van der Waals surface area contributed by atoms with E-state index in [1.165, 1.54) is 24.0 Å². The van der Waals surface area contributed by atoms with Crippen molar-refractivity contribution in [3.8, 4) is 0 Å². The van der Waals surface area contributed by atoms with Crippen LogP contribution < -0.4 is 5.48 Å². The van der Waals surface area contributed by atoms with Crippen molar-refractivity contribution in [1.82, 2.24) is 20.3 Å². The van der Waals surface area contributed by atoms with Gasteiger partial charge in [-0.3, -0.25) is 19.4 Å². The Kier molecular flexibility index (Phi) is 27.4. The molecule has 0 bridgehead atoms. The van der Waals surface area contributed by atoms with Gasteiger partial charge in [0.05, 0.1) is 14.2 Å². The van der Waals surface area contributed by atoms with E-state index in [4.69, 9.17) is 19.4 Å². The molecule has 248 valence electrons. The van der Waals surface area contributed by atoms with Crippen LogP contribution >= 0.6 is 39.4 Å². The van der Waals surface area contributed by atoms with Gasteiger partial charge in [0.1, 0.15) is 23.3 Å². The largest absolute Gasteiger partial charge is 0.480 e. The number of hydroxylamine groups is 3. The number of halogens is 1. The van der Waals surface area contributed by atoms with E-state index in [0.29, 0.717) is 25.9 Å². The number of hydrogen-bond acceptors (Lipinski definition) is 9. The van der Waals surface area contributed by atoms with Crippen molar-refractivity contribution in [2.75, 3.05) is 41.4 Å². The fourth-order valence-electron chi connectivity index (χ4n) is 3.42. The fourth-order valence-corrected chi connectivity index (χ4v) is 3.42. The third-order valence-electron chi connectivity index (χ3n) is 5.12. The van der Waals surface area contributed by atoms with E-state index in [-0.39, 0.29) is 52.7 Å². The van der Waals surface area contributed by atoms with Crippen LogP contribution in [-0.4, -0.2) is 109 Å². The number of carboxylic acids is 1. The minimum atomic E-state index is -0.960. The van der Waals surface area contributed by atoms with Crippen molar-refractivity contribution in [3.05, 3.63) is 0 Å². The average molecular weight is 655 g/mol. The molecule has 2 N–H and O–H groups in total. The van der Waals surface area contributed by atoms with Crippen LogP contribution in [0.15, 0.2) is 0 Å². The maximum absolute atomic E-state index is 12.0. The minimum absolute atomic E-state index is 0. The van der Waals surface area contributed by atoms with Gasteiger partial charge in [0.2, 0.25) is 0 Å². The van der Waals surface area contributed by atoms with Gasteiger partial charge in [-0.25, -0.2) is 24.9 Å².